The van der Waals surface area contributed by atoms with Gasteiger partial charge in [0.25, 0.3) is 0 Å². The zero-order valence-corrected chi connectivity index (χ0v) is 10.1. The third kappa shape index (κ3) is 2.94. The summed E-state index contributed by atoms with van der Waals surface area (Å²) in [5.74, 6) is 0.786. The predicted molar refractivity (Wildman–Crippen MR) is 61.6 cm³/mol. The van der Waals surface area contributed by atoms with Gasteiger partial charge >= 0.3 is 0 Å². The van der Waals surface area contributed by atoms with Crippen molar-refractivity contribution in [1.82, 2.24) is 5.32 Å². The second-order valence-corrected chi connectivity index (χ2v) is 7.27. The number of rotatable bonds is 3. The lowest BCUT2D eigenvalue weighted by Gasteiger charge is -2.23. The average Bonchev–Trinajstić information content (AvgIpc) is 2.71. The zero-order chi connectivity index (χ0) is 10.7. The minimum absolute atomic E-state index is 0.0144. The fraction of sp³-hybridized carbons (Fsp3) is 1.00. The van der Waals surface area contributed by atoms with E-state index in [4.69, 9.17) is 0 Å². The zero-order valence-electron chi connectivity index (χ0n) is 9.24. The van der Waals surface area contributed by atoms with Crippen LogP contribution in [0.3, 0.4) is 0 Å². The summed E-state index contributed by atoms with van der Waals surface area (Å²) in [6.07, 6.45) is 6.23. The highest BCUT2D eigenvalue weighted by Crippen LogP contribution is 2.27. The molecule has 3 nitrogen and oxygen atoms in total. The van der Waals surface area contributed by atoms with Crippen LogP contribution in [0.1, 0.15) is 38.5 Å². The Hall–Kier alpha value is -0.0900. The van der Waals surface area contributed by atoms with Gasteiger partial charge in [0.2, 0.25) is 0 Å². The minimum atomic E-state index is -2.80. The van der Waals surface area contributed by atoms with E-state index in [0.29, 0.717) is 11.7 Å². The molecule has 2 fully saturated rings. The molecule has 0 aromatic carbocycles. The van der Waals surface area contributed by atoms with Gasteiger partial charge in [-0.3, -0.25) is 0 Å². The van der Waals surface area contributed by atoms with Crippen molar-refractivity contribution in [2.75, 3.05) is 18.8 Å². The SMILES string of the molecule is O=S(=O)(CC1CCCNC1)C1CCCC1. The molecule has 1 aliphatic heterocycles. The molecular weight excluding hydrogens is 210 g/mol. The first-order chi connectivity index (χ1) is 7.18. The Kier molecular flexibility index (Phi) is 3.67. The first kappa shape index (κ1) is 11.4. The molecule has 0 bridgehead atoms. The van der Waals surface area contributed by atoms with Gasteiger partial charge in [0, 0.05) is 0 Å². The van der Waals surface area contributed by atoms with E-state index in [1.807, 2.05) is 0 Å². The Morgan fingerprint density at radius 3 is 2.40 bits per heavy atom. The summed E-state index contributed by atoms with van der Waals surface area (Å²) >= 11 is 0. The van der Waals surface area contributed by atoms with Gasteiger partial charge in [0.1, 0.15) is 0 Å². The maximum atomic E-state index is 12.1. The van der Waals surface area contributed by atoms with Crippen molar-refractivity contribution < 1.29 is 8.42 Å². The van der Waals surface area contributed by atoms with Gasteiger partial charge in [-0.2, -0.15) is 0 Å². The van der Waals surface area contributed by atoms with Crippen molar-refractivity contribution in [3.05, 3.63) is 0 Å². The van der Waals surface area contributed by atoms with E-state index in [1.165, 1.54) is 0 Å². The molecule has 1 atom stereocenters. The molecule has 0 aromatic heterocycles. The number of hydrogen-bond donors (Lipinski definition) is 1. The van der Waals surface area contributed by atoms with Crippen molar-refractivity contribution in [3.8, 4) is 0 Å². The molecular formula is C11H21NO2S. The minimum Gasteiger partial charge on any atom is -0.316 e. The molecule has 1 unspecified atom stereocenters. The van der Waals surface area contributed by atoms with Crippen molar-refractivity contribution in [1.29, 1.82) is 0 Å². The number of piperidine rings is 1. The molecule has 0 spiro atoms. The van der Waals surface area contributed by atoms with E-state index in [0.717, 1.165) is 51.6 Å². The highest BCUT2D eigenvalue weighted by molar-refractivity contribution is 7.92. The molecule has 4 heteroatoms. The Bertz CT molecular complexity index is 288. The van der Waals surface area contributed by atoms with E-state index in [1.54, 1.807) is 0 Å². The fourth-order valence-electron chi connectivity index (χ4n) is 2.78. The van der Waals surface area contributed by atoms with Crippen molar-refractivity contribution in [3.63, 3.8) is 0 Å². The third-order valence-electron chi connectivity index (χ3n) is 3.68. The molecule has 1 saturated heterocycles. The highest BCUT2D eigenvalue weighted by atomic mass is 32.2. The molecule has 0 radical (unpaired) electrons. The van der Waals surface area contributed by atoms with E-state index < -0.39 is 9.84 Å². The maximum Gasteiger partial charge on any atom is 0.153 e. The van der Waals surface area contributed by atoms with Crippen LogP contribution >= 0.6 is 0 Å². The summed E-state index contributed by atoms with van der Waals surface area (Å²) in [4.78, 5) is 0. The Morgan fingerprint density at radius 2 is 1.80 bits per heavy atom. The topological polar surface area (TPSA) is 46.2 Å². The summed E-state index contributed by atoms with van der Waals surface area (Å²) in [5, 5.41) is 3.27. The van der Waals surface area contributed by atoms with E-state index in [2.05, 4.69) is 5.32 Å². The van der Waals surface area contributed by atoms with Crippen LogP contribution in [-0.4, -0.2) is 32.5 Å². The molecule has 1 saturated carbocycles. The molecule has 1 N–H and O–H groups in total. The molecule has 15 heavy (non-hydrogen) atoms. The van der Waals surface area contributed by atoms with E-state index in [-0.39, 0.29) is 5.25 Å². The van der Waals surface area contributed by atoms with Crippen LogP contribution in [0.25, 0.3) is 0 Å². The lowest BCUT2D eigenvalue weighted by Crippen LogP contribution is -2.36. The van der Waals surface area contributed by atoms with Crippen LogP contribution in [0.15, 0.2) is 0 Å². The summed E-state index contributed by atoms with van der Waals surface area (Å²) < 4.78 is 24.1. The number of nitrogens with one attached hydrogen (secondary N) is 1. The summed E-state index contributed by atoms with van der Waals surface area (Å²) in [6.45, 7) is 1.95. The van der Waals surface area contributed by atoms with Gasteiger partial charge in [-0.25, -0.2) is 8.42 Å². The number of sulfone groups is 1. The molecule has 0 amide bonds. The predicted octanol–water partition coefficient (Wildman–Crippen LogP) is 1.34. The molecule has 0 aromatic rings. The fourth-order valence-corrected chi connectivity index (χ4v) is 5.04. The van der Waals surface area contributed by atoms with Gasteiger partial charge in [0.05, 0.1) is 11.0 Å². The molecule has 1 heterocycles. The third-order valence-corrected chi connectivity index (χ3v) is 6.10. The number of hydrogen-bond acceptors (Lipinski definition) is 3. The lowest BCUT2D eigenvalue weighted by atomic mass is 10.0. The first-order valence-electron chi connectivity index (χ1n) is 6.11. The van der Waals surface area contributed by atoms with Crippen LogP contribution in [0.4, 0.5) is 0 Å². The largest absolute Gasteiger partial charge is 0.316 e. The smallest absolute Gasteiger partial charge is 0.153 e. The Balaban J connectivity index is 1.90. The van der Waals surface area contributed by atoms with Crippen LogP contribution in [0.5, 0.6) is 0 Å². The second-order valence-electron chi connectivity index (χ2n) is 4.95. The van der Waals surface area contributed by atoms with Crippen molar-refractivity contribution in [2.24, 2.45) is 5.92 Å². The molecule has 2 aliphatic rings. The quantitative estimate of drug-likeness (QED) is 0.797. The Labute approximate surface area is 92.6 Å². The van der Waals surface area contributed by atoms with Gasteiger partial charge in [-0.05, 0) is 44.7 Å². The average molecular weight is 231 g/mol. The van der Waals surface area contributed by atoms with Crippen LogP contribution in [0, 0.1) is 5.92 Å². The molecule has 88 valence electrons. The highest BCUT2D eigenvalue weighted by Gasteiger charge is 2.31. The van der Waals surface area contributed by atoms with Crippen LogP contribution < -0.4 is 5.32 Å². The van der Waals surface area contributed by atoms with Crippen molar-refractivity contribution in [2.45, 2.75) is 43.8 Å². The van der Waals surface area contributed by atoms with Gasteiger partial charge in [0.15, 0.2) is 9.84 Å². The first-order valence-corrected chi connectivity index (χ1v) is 7.82. The maximum absolute atomic E-state index is 12.1. The van der Waals surface area contributed by atoms with E-state index >= 15 is 0 Å². The van der Waals surface area contributed by atoms with Crippen LogP contribution in [0.2, 0.25) is 0 Å². The molecule has 1 aliphatic carbocycles. The van der Waals surface area contributed by atoms with Crippen LogP contribution in [-0.2, 0) is 9.84 Å². The Morgan fingerprint density at radius 1 is 1.07 bits per heavy atom. The second kappa shape index (κ2) is 4.83. The van der Waals surface area contributed by atoms with Crippen molar-refractivity contribution >= 4 is 9.84 Å². The van der Waals surface area contributed by atoms with Gasteiger partial charge in [-0.15, -0.1) is 0 Å². The van der Waals surface area contributed by atoms with Gasteiger partial charge < -0.3 is 5.32 Å². The summed E-state index contributed by atoms with van der Waals surface area (Å²) in [6, 6.07) is 0. The summed E-state index contributed by atoms with van der Waals surface area (Å²) in [7, 11) is -2.80. The normalized spacial score (nSPS) is 29.5. The van der Waals surface area contributed by atoms with E-state index in [9.17, 15) is 8.42 Å². The molecule has 2 rings (SSSR count). The summed E-state index contributed by atoms with van der Waals surface area (Å²) in [5.41, 5.74) is 0. The standard InChI is InChI=1S/C11H21NO2S/c13-15(14,11-5-1-2-6-11)9-10-4-3-7-12-8-10/h10-12H,1-9H2. The van der Waals surface area contributed by atoms with Gasteiger partial charge in [-0.1, -0.05) is 12.8 Å². The monoisotopic (exact) mass is 231 g/mol. The lowest BCUT2D eigenvalue weighted by molar-refractivity contribution is 0.403.